The van der Waals surface area contributed by atoms with E-state index in [0.29, 0.717) is 15.2 Å². The summed E-state index contributed by atoms with van der Waals surface area (Å²) in [6, 6.07) is 1.63. The van der Waals surface area contributed by atoms with Gasteiger partial charge in [0.05, 0.1) is 3.79 Å². The number of halogens is 1. The van der Waals surface area contributed by atoms with Gasteiger partial charge >= 0.3 is 0 Å². The molecule has 1 aliphatic carbocycles. The van der Waals surface area contributed by atoms with E-state index < -0.39 is 10.0 Å². The van der Waals surface area contributed by atoms with E-state index in [9.17, 15) is 8.42 Å². The number of nitrogens with two attached hydrogens (primary N) is 1. The van der Waals surface area contributed by atoms with Crippen LogP contribution in [0.4, 0.5) is 0 Å². The van der Waals surface area contributed by atoms with Gasteiger partial charge in [-0.25, -0.2) is 13.1 Å². The molecule has 0 aromatic carbocycles. The Bertz CT molecular complexity index is 506. The lowest BCUT2D eigenvalue weighted by Crippen LogP contribution is -2.34. The maximum Gasteiger partial charge on any atom is 0.243 e. The third kappa shape index (κ3) is 2.48. The molecule has 0 bridgehead atoms. The zero-order chi connectivity index (χ0) is 12.0. The topological polar surface area (TPSA) is 72.2 Å². The Morgan fingerprint density at radius 1 is 1.62 bits per heavy atom. The van der Waals surface area contributed by atoms with Crippen LogP contribution in [0.2, 0.25) is 0 Å². The summed E-state index contributed by atoms with van der Waals surface area (Å²) in [4.78, 5) is 1.15. The molecule has 1 aliphatic rings. The lowest BCUT2D eigenvalue weighted by molar-refractivity contribution is 0.558. The summed E-state index contributed by atoms with van der Waals surface area (Å²) in [5.74, 6) is 0. The van der Waals surface area contributed by atoms with Gasteiger partial charge in [0.2, 0.25) is 10.0 Å². The van der Waals surface area contributed by atoms with Gasteiger partial charge in [-0.2, -0.15) is 0 Å². The molecule has 1 saturated carbocycles. The highest BCUT2D eigenvalue weighted by molar-refractivity contribution is 9.11. The summed E-state index contributed by atoms with van der Waals surface area (Å²) >= 11 is 4.63. The maximum atomic E-state index is 12.1. The quantitative estimate of drug-likeness (QED) is 0.887. The molecule has 0 atom stereocenters. The molecule has 0 spiro atoms. The van der Waals surface area contributed by atoms with Gasteiger partial charge in [-0.1, -0.05) is 0 Å². The Morgan fingerprint density at radius 3 is 2.69 bits per heavy atom. The van der Waals surface area contributed by atoms with Crippen LogP contribution >= 0.6 is 27.3 Å². The maximum absolute atomic E-state index is 12.1. The summed E-state index contributed by atoms with van der Waals surface area (Å²) in [7, 11) is -3.42. The van der Waals surface area contributed by atoms with Crippen LogP contribution in [0.15, 0.2) is 14.7 Å². The minimum atomic E-state index is -3.42. The fourth-order valence-electron chi connectivity index (χ4n) is 1.35. The van der Waals surface area contributed by atoms with Crippen molar-refractivity contribution < 1.29 is 8.42 Å². The first-order valence-electron chi connectivity index (χ1n) is 4.89. The number of rotatable bonds is 4. The summed E-state index contributed by atoms with van der Waals surface area (Å²) in [5.41, 5.74) is 5.24. The van der Waals surface area contributed by atoms with E-state index in [0.717, 1.165) is 17.7 Å². The normalized spacial score (nSPS) is 18.7. The summed E-state index contributed by atoms with van der Waals surface area (Å²) < 4.78 is 27.4. The fourth-order valence-corrected chi connectivity index (χ4v) is 5.38. The smallest absolute Gasteiger partial charge is 0.243 e. The lowest BCUT2D eigenvalue weighted by atomic mass is 10.4. The molecule has 16 heavy (non-hydrogen) atoms. The van der Waals surface area contributed by atoms with Gasteiger partial charge in [-0.05, 0) is 41.8 Å². The molecular weight excluding hydrogens is 312 g/mol. The molecular formula is C9H13BrN2O2S2. The average molecular weight is 325 g/mol. The Hall–Kier alpha value is 0.0500. The van der Waals surface area contributed by atoms with Crippen molar-refractivity contribution in [1.29, 1.82) is 0 Å². The Balaban J connectivity index is 2.31. The largest absolute Gasteiger partial charge is 0.326 e. The van der Waals surface area contributed by atoms with E-state index in [2.05, 4.69) is 20.7 Å². The first kappa shape index (κ1) is 12.5. The van der Waals surface area contributed by atoms with Crippen LogP contribution in [0.25, 0.3) is 0 Å². The Labute approximate surface area is 107 Å². The van der Waals surface area contributed by atoms with Crippen molar-refractivity contribution in [3.8, 4) is 0 Å². The van der Waals surface area contributed by atoms with Crippen molar-refractivity contribution in [3.63, 3.8) is 0 Å². The molecule has 0 radical (unpaired) electrons. The van der Waals surface area contributed by atoms with Crippen molar-refractivity contribution in [3.05, 3.63) is 14.7 Å². The minimum absolute atomic E-state index is 0.247. The number of nitrogens with one attached hydrogen (secondary N) is 1. The second kappa shape index (κ2) is 4.06. The Morgan fingerprint density at radius 2 is 2.25 bits per heavy atom. The van der Waals surface area contributed by atoms with Crippen molar-refractivity contribution >= 4 is 37.3 Å². The molecule has 3 N–H and O–H groups in total. The molecule has 0 amide bonds. The standard InChI is InChI=1S/C9H13BrN2O2S2/c1-9(2-3-9)12-16(13,14)7-4-6(5-11)15-8(7)10/h4,12H,2-3,5,11H2,1H3. The monoisotopic (exact) mass is 324 g/mol. The summed E-state index contributed by atoms with van der Waals surface area (Å²) in [6.07, 6.45) is 1.80. The van der Waals surface area contributed by atoms with E-state index in [1.807, 2.05) is 6.92 Å². The summed E-state index contributed by atoms with van der Waals surface area (Å²) in [6.45, 7) is 2.27. The molecule has 0 unspecified atom stereocenters. The zero-order valence-electron chi connectivity index (χ0n) is 8.79. The van der Waals surface area contributed by atoms with Crippen LogP contribution in [-0.2, 0) is 16.6 Å². The van der Waals surface area contributed by atoms with Crippen LogP contribution in [0.3, 0.4) is 0 Å². The van der Waals surface area contributed by atoms with Crippen molar-refractivity contribution in [2.24, 2.45) is 5.73 Å². The fraction of sp³-hybridized carbons (Fsp3) is 0.556. The molecule has 0 saturated heterocycles. The van der Waals surface area contributed by atoms with Crippen molar-refractivity contribution in [1.82, 2.24) is 4.72 Å². The van der Waals surface area contributed by atoms with Crippen LogP contribution in [0.5, 0.6) is 0 Å². The predicted octanol–water partition coefficient (Wildman–Crippen LogP) is 1.80. The number of hydrogen-bond acceptors (Lipinski definition) is 4. The molecule has 2 rings (SSSR count). The van der Waals surface area contributed by atoms with Gasteiger partial charge < -0.3 is 5.73 Å². The predicted molar refractivity (Wildman–Crippen MR) is 67.9 cm³/mol. The van der Waals surface area contributed by atoms with Gasteiger partial charge in [0, 0.05) is 17.0 Å². The first-order valence-corrected chi connectivity index (χ1v) is 7.98. The molecule has 4 nitrogen and oxygen atoms in total. The average Bonchev–Trinajstić information content (AvgIpc) is 2.76. The highest BCUT2D eigenvalue weighted by Gasteiger charge is 2.41. The van der Waals surface area contributed by atoms with Crippen molar-refractivity contribution in [2.45, 2.75) is 36.7 Å². The molecule has 90 valence electrons. The van der Waals surface area contributed by atoms with Gasteiger partial charge in [0.25, 0.3) is 0 Å². The minimum Gasteiger partial charge on any atom is -0.326 e. The summed E-state index contributed by atoms with van der Waals surface area (Å²) in [5, 5.41) is 0. The molecule has 7 heteroatoms. The third-order valence-electron chi connectivity index (χ3n) is 2.58. The molecule has 1 heterocycles. The van der Waals surface area contributed by atoms with Gasteiger partial charge in [0.15, 0.2) is 0 Å². The van der Waals surface area contributed by atoms with E-state index in [-0.39, 0.29) is 5.54 Å². The lowest BCUT2D eigenvalue weighted by Gasteiger charge is -2.11. The van der Waals surface area contributed by atoms with Crippen LogP contribution in [0.1, 0.15) is 24.6 Å². The van der Waals surface area contributed by atoms with Crippen LogP contribution < -0.4 is 10.5 Å². The van der Waals surface area contributed by atoms with Gasteiger partial charge in [-0.15, -0.1) is 11.3 Å². The molecule has 1 aromatic heterocycles. The molecule has 1 fully saturated rings. The number of sulfonamides is 1. The van der Waals surface area contributed by atoms with E-state index >= 15 is 0 Å². The van der Waals surface area contributed by atoms with E-state index in [1.54, 1.807) is 6.07 Å². The molecule has 1 aromatic rings. The van der Waals surface area contributed by atoms with E-state index in [1.165, 1.54) is 11.3 Å². The Kier molecular flexibility index (Phi) is 3.17. The molecule has 0 aliphatic heterocycles. The second-order valence-electron chi connectivity index (χ2n) is 4.22. The third-order valence-corrected chi connectivity index (χ3v) is 6.49. The van der Waals surface area contributed by atoms with Gasteiger partial charge in [-0.3, -0.25) is 0 Å². The second-order valence-corrected chi connectivity index (χ2v) is 8.33. The number of hydrogen-bond donors (Lipinski definition) is 2. The van der Waals surface area contributed by atoms with Crippen LogP contribution in [-0.4, -0.2) is 14.0 Å². The first-order chi connectivity index (χ1) is 7.36. The highest BCUT2D eigenvalue weighted by atomic mass is 79.9. The van der Waals surface area contributed by atoms with Crippen molar-refractivity contribution in [2.75, 3.05) is 0 Å². The SMILES string of the molecule is CC1(NS(=O)(=O)c2cc(CN)sc2Br)CC1. The highest BCUT2D eigenvalue weighted by Crippen LogP contribution is 2.38. The van der Waals surface area contributed by atoms with Gasteiger partial charge in [0.1, 0.15) is 4.90 Å². The zero-order valence-corrected chi connectivity index (χ0v) is 12.0. The number of thiophene rings is 1. The van der Waals surface area contributed by atoms with E-state index in [4.69, 9.17) is 5.73 Å². The van der Waals surface area contributed by atoms with Crippen LogP contribution in [0, 0.1) is 0 Å².